The molecule has 0 aliphatic carbocycles. The molecule has 1 heterocycles. The molecule has 1 aromatic heterocycles. The van der Waals surface area contributed by atoms with E-state index in [0.717, 1.165) is 21.3 Å². The summed E-state index contributed by atoms with van der Waals surface area (Å²) < 4.78 is 0.753. The van der Waals surface area contributed by atoms with Gasteiger partial charge in [0.2, 0.25) is 0 Å². The Labute approximate surface area is 125 Å². The lowest BCUT2D eigenvalue weighted by Crippen LogP contribution is -2.17. The molecule has 2 aromatic rings. The summed E-state index contributed by atoms with van der Waals surface area (Å²) in [7, 11) is 1.94. The van der Waals surface area contributed by atoms with Crippen LogP contribution in [0.1, 0.15) is 10.4 Å². The van der Waals surface area contributed by atoms with E-state index in [2.05, 4.69) is 0 Å². The SMILES string of the molecule is CN(Cc1ccc(Cl)s1)Cc1cc([N+](=O)[O-])ccc1N. The average Bonchev–Trinajstić information content (AvgIpc) is 2.77. The molecule has 0 fully saturated rings. The normalized spacial score (nSPS) is 10.9. The molecule has 1 aromatic carbocycles. The van der Waals surface area contributed by atoms with Gasteiger partial charge in [-0.15, -0.1) is 11.3 Å². The number of rotatable bonds is 5. The molecule has 0 unspecified atom stereocenters. The first-order chi connectivity index (χ1) is 9.45. The first kappa shape index (κ1) is 14.8. The summed E-state index contributed by atoms with van der Waals surface area (Å²) in [4.78, 5) is 13.5. The summed E-state index contributed by atoms with van der Waals surface area (Å²) in [6.07, 6.45) is 0. The van der Waals surface area contributed by atoms with Gasteiger partial charge in [0.1, 0.15) is 0 Å². The number of nitrogen functional groups attached to an aromatic ring is 1. The summed E-state index contributed by atoms with van der Waals surface area (Å²) in [6.45, 7) is 1.27. The van der Waals surface area contributed by atoms with Crippen molar-refractivity contribution in [3.8, 4) is 0 Å². The van der Waals surface area contributed by atoms with Crippen LogP contribution in [0.4, 0.5) is 11.4 Å². The Kier molecular flexibility index (Phi) is 4.59. The molecule has 2 rings (SSSR count). The van der Waals surface area contributed by atoms with Gasteiger partial charge in [-0.05, 0) is 30.8 Å². The van der Waals surface area contributed by atoms with E-state index >= 15 is 0 Å². The highest BCUT2D eigenvalue weighted by Crippen LogP contribution is 2.24. The Balaban J connectivity index is 2.08. The summed E-state index contributed by atoms with van der Waals surface area (Å²) >= 11 is 7.41. The fourth-order valence-corrected chi connectivity index (χ4v) is 3.06. The lowest BCUT2D eigenvalue weighted by atomic mass is 10.1. The summed E-state index contributed by atoms with van der Waals surface area (Å²) in [6, 6.07) is 8.34. The van der Waals surface area contributed by atoms with E-state index in [1.807, 2.05) is 24.1 Å². The first-order valence-electron chi connectivity index (χ1n) is 5.91. The zero-order valence-electron chi connectivity index (χ0n) is 10.9. The van der Waals surface area contributed by atoms with Crippen LogP contribution in [-0.2, 0) is 13.1 Å². The van der Waals surface area contributed by atoms with Gasteiger partial charge in [-0.1, -0.05) is 11.6 Å². The molecule has 7 heteroatoms. The fourth-order valence-electron chi connectivity index (χ4n) is 1.89. The largest absolute Gasteiger partial charge is 0.398 e. The van der Waals surface area contributed by atoms with Crippen molar-refractivity contribution in [2.75, 3.05) is 12.8 Å². The van der Waals surface area contributed by atoms with Gasteiger partial charge in [0, 0.05) is 35.8 Å². The molecule has 0 aliphatic heterocycles. The maximum atomic E-state index is 10.8. The molecule has 0 saturated carbocycles. The number of nitro groups is 1. The molecule has 0 bridgehead atoms. The van der Waals surface area contributed by atoms with Crippen molar-refractivity contribution in [3.63, 3.8) is 0 Å². The van der Waals surface area contributed by atoms with Crippen molar-refractivity contribution >= 4 is 34.3 Å². The third-order valence-corrected chi connectivity index (χ3v) is 4.05. The molecule has 20 heavy (non-hydrogen) atoms. The average molecular weight is 312 g/mol. The molecule has 5 nitrogen and oxygen atoms in total. The van der Waals surface area contributed by atoms with Gasteiger partial charge in [-0.25, -0.2) is 0 Å². The third kappa shape index (κ3) is 3.69. The maximum absolute atomic E-state index is 10.8. The lowest BCUT2D eigenvalue weighted by molar-refractivity contribution is -0.384. The Morgan fingerprint density at radius 2 is 2.10 bits per heavy atom. The molecular weight excluding hydrogens is 298 g/mol. The molecule has 106 valence electrons. The number of hydrogen-bond donors (Lipinski definition) is 1. The number of benzene rings is 1. The van der Waals surface area contributed by atoms with Crippen LogP contribution in [0.2, 0.25) is 4.34 Å². The zero-order chi connectivity index (χ0) is 14.7. The van der Waals surface area contributed by atoms with Crippen LogP contribution < -0.4 is 5.73 Å². The van der Waals surface area contributed by atoms with Crippen molar-refractivity contribution in [2.24, 2.45) is 0 Å². The number of nitrogens with two attached hydrogens (primary N) is 1. The minimum atomic E-state index is -0.415. The number of nitrogens with zero attached hydrogens (tertiary/aromatic N) is 2. The second kappa shape index (κ2) is 6.21. The van der Waals surface area contributed by atoms with Crippen molar-refractivity contribution in [1.29, 1.82) is 0 Å². The highest BCUT2D eigenvalue weighted by molar-refractivity contribution is 7.16. The number of thiophene rings is 1. The van der Waals surface area contributed by atoms with Crippen LogP contribution in [0.3, 0.4) is 0 Å². The van der Waals surface area contributed by atoms with Crippen LogP contribution in [0.5, 0.6) is 0 Å². The highest BCUT2D eigenvalue weighted by atomic mass is 35.5. The van der Waals surface area contributed by atoms with E-state index in [0.29, 0.717) is 12.2 Å². The number of non-ortho nitro benzene ring substituents is 1. The predicted octanol–water partition coefficient (Wildman–Crippen LogP) is 3.52. The predicted molar refractivity (Wildman–Crippen MR) is 82.0 cm³/mol. The molecule has 0 spiro atoms. The van der Waals surface area contributed by atoms with E-state index in [4.69, 9.17) is 17.3 Å². The van der Waals surface area contributed by atoms with Crippen LogP contribution >= 0.6 is 22.9 Å². The number of anilines is 1. The number of hydrogen-bond acceptors (Lipinski definition) is 5. The smallest absolute Gasteiger partial charge is 0.269 e. The summed E-state index contributed by atoms with van der Waals surface area (Å²) in [5, 5.41) is 10.8. The second-order valence-corrected chi connectivity index (χ2v) is 6.32. The minimum Gasteiger partial charge on any atom is -0.398 e. The lowest BCUT2D eigenvalue weighted by Gasteiger charge is -2.16. The second-order valence-electron chi connectivity index (χ2n) is 4.52. The van der Waals surface area contributed by atoms with E-state index in [1.54, 1.807) is 6.07 Å². The Hall–Kier alpha value is -1.63. The van der Waals surface area contributed by atoms with Gasteiger partial charge in [-0.3, -0.25) is 15.0 Å². The molecular formula is C13H14ClN3O2S. The fraction of sp³-hybridized carbons (Fsp3) is 0.231. The summed E-state index contributed by atoms with van der Waals surface area (Å²) in [5.74, 6) is 0. The van der Waals surface area contributed by atoms with Crippen molar-refractivity contribution in [3.05, 3.63) is 55.2 Å². The quantitative estimate of drug-likeness (QED) is 0.521. The van der Waals surface area contributed by atoms with E-state index in [9.17, 15) is 10.1 Å². The molecule has 0 atom stereocenters. The Morgan fingerprint density at radius 1 is 1.35 bits per heavy atom. The van der Waals surface area contributed by atoms with E-state index in [1.165, 1.54) is 23.5 Å². The number of halogens is 1. The zero-order valence-corrected chi connectivity index (χ0v) is 12.4. The van der Waals surface area contributed by atoms with Gasteiger partial charge in [0.15, 0.2) is 0 Å². The van der Waals surface area contributed by atoms with Crippen LogP contribution in [0.15, 0.2) is 30.3 Å². The van der Waals surface area contributed by atoms with E-state index in [-0.39, 0.29) is 5.69 Å². The van der Waals surface area contributed by atoms with E-state index < -0.39 is 4.92 Å². The minimum absolute atomic E-state index is 0.0572. The molecule has 0 radical (unpaired) electrons. The Morgan fingerprint density at radius 3 is 2.70 bits per heavy atom. The highest BCUT2D eigenvalue weighted by Gasteiger charge is 2.11. The standard InChI is InChI=1S/C13H14ClN3O2S/c1-16(8-11-3-5-13(14)20-11)7-9-6-10(17(18)19)2-4-12(9)15/h2-6H,7-8,15H2,1H3. The van der Waals surface area contributed by atoms with Gasteiger partial charge in [0.05, 0.1) is 9.26 Å². The maximum Gasteiger partial charge on any atom is 0.269 e. The monoisotopic (exact) mass is 311 g/mol. The Bertz CT molecular complexity index is 630. The number of nitro benzene ring substituents is 1. The first-order valence-corrected chi connectivity index (χ1v) is 7.10. The van der Waals surface area contributed by atoms with Crippen molar-refractivity contribution in [2.45, 2.75) is 13.1 Å². The van der Waals surface area contributed by atoms with Crippen LogP contribution in [0.25, 0.3) is 0 Å². The topological polar surface area (TPSA) is 72.4 Å². The van der Waals surface area contributed by atoms with Crippen LogP contribution in [-0.4, -0.2) is 16.9 Å². The summed E-state index contributed by atoms with van der Waals surface area (Å²) in [5.41, 5.74) is 7.24. The van der Waals surface area contributed by atoms with Crippen LogP contribution in [0, 0.1) is 10.1 Å². The van der Waals surface area contributed by atoms with Gasteiger partial charge < -0.3 is 5.73 Å². The van der Waals surface area contributed by atoms with Crippen molar-refractivity contribution < 1.29 is 4.92 Å². The van der Waals surface area contributed by atoms with Gasteiger partial charge in [-0.2, -0.15) is 0 Å². The van der Waals surface area contributed by atoms with Gasteiger partial charge >= 0.3 is 0 Å². The molecule has 0 saturated heterocycles. The van der Waals surface area contributed by atoms with Gasteiger partial charge in [0.25, 0.3) is 5.69 Å². The molecule has 0 amide bonds. The molecule has 2 N–H and O–H groups in total. The third-order valence-electron chi connectivity index (χ3n) is 2.83. The van der Waals surface area contributed by atoms with Crippen molar-refractivity contribution in [1.82, 2.24) is 4.90 Å². The molecule has 0 aliphatic rings.